The van der Waals surface area contributed by atoms with Crippen LogP contribution in [0.1, 0.15) is 43.8 Å². The molecule has 0 atom stereocenters. The summed E-state index contributed by atoms with van der Waals surface area (Å²) in [6.45, 7) is 9.51. The Hall–Kier alpha value is -0.800. The van der Waals surface area contributed by atoms with Gasteiger partial charge in [-0.15, -0.1) is 0 Å². The van der Waals surface area contributed by atoms with E-state index in [1.807, 2.05) is 6.92 Å². The molecule has 0 amide bonds. The lowest BCUT2D eigenvalue weighted by Gasteiger charge is -2.00. The molecule has 0 aromatic carbocycles. The number of rotatable bonds is 8. The van der Waals surface area contributed by atoms with Crippen LogP contribution in [-0.2, 0) is 17.9 Å². The average Bonchev–Trinajstić information content (AvgIpc) is 2.63. The molecule has 1 rings (SSSR count). The predicted octanol–water partition coefficient (Wildman–Crippen LogP) is 3.01. The molecule has 92 valence electrons. The van der Waals surface area contributed by atoms with Crippen molar-refractivity contribution in [3.63, 3.8) is 0 Å². The van der Waals surface area contributed by atoms with Crippen molar-refractivity contribution >= 4 is 0 Å². The van der Waals surface area contributed by atoms with Crippen molar-refractivity contribution in [2.75, 3.05) is 13.2 Å². The molecule has 0 aliphatic carbocycles. The van der Waals surface area contributed by atoms with Gasteiger partial charge >= 0.3 is 0 Å². The summed E-state index contributed by atoms with van der Waals surface area (Å²) < 4.78 is 11.2. The molecule has 0 saturated heterocycles. The second-order valence-electron chi connectivity index (χ2n) is 3.98. The van der Waals surface area contributed by atoms with Gasteiger partial charge in [-0.05, 0) is 26.0 Å². The summed E-state index contributed by atoms with van der Waals surface area (Å²) in [5.74, 6) is 1.97. The van der Waals surface area contributed by atoms with Crippen LogP contribution < -0.4 is 5.32 Å². The third-order valence-electron chi connectivity index (χ3n) is 2.52. The van der Waals surface area contributed by atoms with Crippen LogP contribution in [0.15, 0.2) is 10.5 Å². The van der Waals surface area contributed by atoms with Gasteiger partial charge in [-0.2, -0.15) is 0 Å². The molecular formula is C13H23NO2. The van der Waals surface area contributed by atoms with Crippen molar-refractivity contribution in [3.05, 3.63) is 23.2 Å². The van der Waals surface area contributed by atoms with Gasteiger partial charge in [0.15, 0.2) is 0 Å². The van der Waals surface area contributed by atoms with Crippen molar-refractivity contribution in [3.8, 4) is 0 Å². The average molecular weight is 225 g/mol. The maximum atomic E-state index is 5.63. The van der Waals surface area contributed by atoms with Gasteiger partial charge in [0.2, 0.25) is 0 Å². The van der Waals surface area contributed by atoms with Crippen molar-refractivity contribution in [1.29, 1.82) is 0 Å². The number of hydrogen-bond donors (Lipinski definition) is 1. The van der Waals surface area contributed by atoms with E-state index in [-0.39, 0.29) is 0 Å². The Labute approximate surface area is 98.2 Å². The van der Waals surface area contributed by atoms with E-state index >= 15 is 0 Å². The van der Waals surface area contributed by atoms with E-state index in [1.165, 1.54) is 12.0 Å². The summed E-state index contributed by atoms with van der Waals surface area (Å²) in [5, 5.41) is 3.25. The summed E-state index contributed by atoms with van der Waals surface area (Å²) >= 11 is 0. The Morgan fingerprint density at radius 2 is 2.19 bits per heavy atom. The lowest BCUT2D eigenvalue weighted by molar-refractivity contribution is 0.117. The Balaban J connectivity index is 2.37. The van der Waals surface area contributed by atoms with Crippen LogP contribution >= 0.6 is 0 Å². The van der Waals surface area contributed by atoms with Crippen LogP contribution in [0.3, 0.4) is 0 Å². The van der Waals surface area contributed by atoms with Gasteiger partial charge in [-0.25, -0.2) is 0 Å². The van der Waals surface area contributed by atoms with Crippen molar-refractivity contribution in [2.24, 2.45) is 0 Å². The molecule has 16 heavy (non-hydrogen) atoms. The van der Waals surface area contributed by atoms with Crippen LogP contribution in [0.25, 0.3) is 0 Å². The van der Waals surface area contributed by atoms with Crippen LogP contribution in [0.2, 0.25) is 0 Å². The zero-order valence-electron chi connectivity index (χ0n) is 10.6. The lowest BCUT2D eigenvalue weighted by atomic mass is 10.2. The quantitative estimate of drug-likeness (QED) is 0.691. The monoisotopic (exact) mass is 225 g/mol. The van der Waals surface area contributed by atoms with Crippen LogP contribution in [0.5, 0.6) is 0 Å². The Morgan fingerprint density at radius 1 is 1.38 bits per heavy atom. The molecule has 0 bridgehead atoms. The highest BCUT2D eigenvalue weighted by atomic mass is 16.5. The van der Waals surface area contributed by atoms with Gasteiger partial charge in [0.1, 0.15) is 11.5 Å². The molecular weight excluding hydrogens is 202 g/mol. The summed E-state index contributed by atoms with van der Waals surface area (Å²) in [4.78, 5) is 0. The zero-order chi connectivity index (χ0) is 11.8. The van der Waals surface area contributed by atoms with E-state index in [2.05, 4.69) is 25.2 Å². The first-order valence-corrected chi connectivity index (χ1v) is 6.14. The first-order chi connectivity index (χ1) is 7.77. The number of aryl methyl sites for hydroxylation is 1. The fourth-order valence-electron chi connectivity index (χ4n) is 1.49. The molecule has 0 spiro atoms. The maximum Gasteiger partial charge on any atom is 0.118 e. The van der Waals surface area contributed by atoms with Gasteiger partial charge in [0.25, 0.3) is 0 Å². The zero-order valence-corrected chi connectivity index (χ0v) is 10.6. The molecule has 1 aromatic rings. The first kappa shape index (κ1) is 13.3. The summed E-state index contributed by atoms with van der Waals surface area (Å²) in [5.41, 5.74) is 1.17. The van der Waals surface area contributed by atoms with E-state index in [4.69, 9.17) is 9.15 Å². The number of furan rings is 1. The highest BCUT2D eigenvalue weighted by Gasteiger charge is 2.06. The fraction of sp³-hybridized carbons (Fsp3) is 0.692. The third-order valence-corrected chi connectivity index (χ3v) is 2.52. The fourth-order valence-corrected chi connectivity index (χ4v) is 1.49. The van der Waals surface area contributed by atoms with Gasteiger partial charge in [0.05, 0.1) is 13.2 Å². The van der Waals surface area contributed by atoms with Gasteiger partial charge in [-0.1, -0.05) is 20.3 Å². The second-order valence-corrected chi connectivity index (χ2v) is 3.98. The van der Waals surface area contributed by atoms with E-state index in [9.17, 15) is 0 Å². The number of hydrogen-bond acceptors (Lipinski definition) is 3. The number of nitrogens with one attached hydrogen (secondary N) is 1. The molecule has 1 N–H and O–H groups in total. The van der Waals surface area contributed by atoms with Gasteiger partial charge in [0, 0.05) is 12.2 Å². The standard InChI is InChI=1S/C13H23NO2/c1-4-6-7-15-10-12-8-13(9-14-5-2)16-11(12)3/h8,14H,4-7,9-10H2,1-3H3. The van der Waals surface area contributed by atoms with E-state index in [0.29, 0.717) is 6.61 Å². The van der Waals surface area contributed by atoms with Gasteiger partial charge in [-0.3, -0.25) is 0 Å². The summed E-state index contributed by atoms with van der Waals surface area (Å²) in [7, 11) is 0. The smallest absolute Gasteiger partial charge is 0.118 e. The van der Waals surface area contributed by atoms with E-state index < -0.39 is 0 Å². The largest absolute Gasteiger partial charge is 0.465 e. The van der Waals surface area contributed by atoms with Crippen LogP contribution in [-0.4, -0.2) is 13.2 Å². The maximum absolute atomic E-state index is 5.63. The minimum Gasteiger partial charge on any atom is -0.465 e. The van der Waals surface area contributed by atoms with E-state index in [1.54, 1.807) is 0 Å². The molecule has 0 aliphatic heterocycles. The second kappa shape index (κ2) is 7.47. The minimum atomic E-state index is 0.668. The van der Waals surface area contributed by atoms with E-state index in [0.717, 1.165) is 37.6 Å². The molecule has 0 fully saturated rings. The summed E-state index contributed by atoms with van der Waals surface area (Å²) in [6, 6.07) is 2.09. The molecule has 1 heterocycles. The molecule has 0 saturated carbocycles. The third kappa shape index (κ3) is 4.37. The topological polar surface area (TPSA) is 34.4 Å². The highest BCUT2D eigenvalue weighted by Crippen LogP contribution is 2.15. The van der Waals surface area contributed by atoms with Crippen LogP contribution in [0, 0.1) is 6.92 Å². The normalized spacial score (nSPS) is 10.9. The number of unbranched alkanes of at least 4 members (excludes halogenated alkanes) is 1. The first-order valence-electron chi connectivity index (χ1n) is 6.14. The van der Waals surface area contributed by atoms with Crippen molar-refractivity contribution in [2.45, 2.75) is 46.8 Å². The molecule has 0 radical (unpaired) electrons. The Morgan fingerprint density at radius 3 is 2.88 bits per heavy atom. The minimum absolute atomic E-state index is 0.668. The van der Waals surface area contributed by atoms with Crippen LogP contribution in [0.4, 0.5) is 0 Å². The summed E-state index contributed by atoms with van der Waals surface area (Å²) in [6.07, 6.45) is 2.30. The Kier molecular flexibility index (Phi) is 6.19. The van der Waals surface area contributed by atoms with Gasteiger partial charge < -0.3 is 14.5 Å². The molecule has 0 unspecified atom stereocenters. The Bertz CT molecular complexity index is 294. The molecule has 3 nitrogen and oxygen atoms in total. The molecule has 0 aliphatic rings. The molecule has 1 aromatic heterocycles. The highest BCUT2D eigenvalue weighted by molar-refractivity contribution is 5.19. The SMILES string of the molecule is CCCCOCc1cc(CNCC)oc1C. The van der Waals surface area contributed by atoms with Crippen molar-refractivity contribution < 1.29 is 9.15 Å². The lowest BCUT2D eigenvalue weighted by Crippen LogP contribution is -2.10. The molecule has 3 heteroatoms. The predicted molar refractivity (Wildman–Crippen MR) is 65.4 cm³/mol. The number of ether oxygens (including phenoxy) is 1. The van der Waals surface area contributed by atoms with Crippen molar-refractivity contribution in [1.82, 2.24) is 5.32 Å².